The number of allylic oxidation sites excluding steroid dienone is 1. The smallest absolute Gasteiger partial charge is 0.259 e. The molecular weight excluding hydrogens is 362 g/mol. The van der Waals surface area contributed by atoms with E-state index in [1.165, 1.54) is 0 Å². The standard InChI is InChI=1S/C24H23N3O2/c1-29-22-15-13-21(14-16-22)25-18-24(28)27-26-23(20-10-6-3-7-11-20)17-12-19-8-4-2-5-9-19/h2-17,25H,18H2,1H3,(H,27,28)/b17-12+,26-23-. The highest BCUT2D eigenvalue weighted by Gasteiger charge is 2.03. The van der Waals surface area contributed by atoms with E-state index in [1.54, 1.807) is 7.11 Å². The number of nitrogens with zero attached hydrogens (tertiary/aromatic N) is 1. The molecule has 0 bridgehead atoms. The van der Waals surface area contributed by atoms with Crippen molar-refractivity contribution in [3.63, 3.8) is 0 Å². The predicted molar refractivity (Wildman–Crippen MR) is 118 cm³/mol. The van der Waals surface area contributed by atoms with Crippen LogP contribution in [-0.4, -0.2) is 25.3 Å². The van der Waals surface area contributed by atoms with Crippen LogP contribution in [0.15, 0.2) is 96.1 Å². The molecule has 2 N–H and O–H groups in total. The van der Waals surface area contributed by atoms with Crippen molar-refractivity contribution >= 4 is 23.4 Å². The van der Waals surface area contributed by atoms with Gasteiger partial charge in [-0.25, -0.2) is 5.43 Å². The fourth-order valence-electron chi connectivity index (χ4n) is 2.60. The quantitative estimate of drug-likeness (QED) is 0.448. The number of ether oxygens (including phenoxy) is 1. The minimum absolute atomic E-state index is 0.111. The summed E-state index contributed by atoms with van der Waals surface area (Å²) in [7, 11) is 1.62. The van der Waals surface area contributed by atoms with Crippen LogP contribution in [-0.2, 0) is 4.79 Å². The lowest BCUT2D eigenvalue weighted by molar-refractivity contribution is -0.119. The van der Waals surface area contributed by atoms with Gasteiger partial charge in [-0.3, -0.25) is 4.79 Å². The largest absolute Gasteiger partial charge is 0.497 e. The monoisotopic (exact) mass is 385 g/mol. The van der Waals surface area contributed by atoms with Gasteiger partial charge in [-0.05, 0) is 35.9 Å². The molecule has 146 valence electrons. The molecule has 0 saturated carbocycles. The fourth-order valence-corrected chi connectivity index (χ4v) is 2.60. The first-order chi connectivity index (χ1) is 14.2. The molecule has 0 aliphatic carbocycles. The van der Waals surface area contributed by atoms with E-state index in [9.17, 15) is 4.79 Å². The lowest BCUT2D eigenvalue weighted by Gasteiger charge is -2.07. The molecule has 0 spiro atoms. The third-order valence-electron chi connectivity index (χ3n) is 4.15. The van der Waals surface area contributed by atoms with E-state index in [0.717, 1.165) is 22.6 Å². The number of methoxy groups -OCH3 is 1. The van der Waals surface area contributed by atoms with Crippen molar-refractivity contribution in [1.82, 2.24) is 5.43 Å². The first kappa shape index (κ1) is 19.9. The summed E-state index contributed by atoms with van der Waals surface area (Å²) in [5.74, 6) is 0.532. The van der Waals surface area contributed by atoms with Crippen molar-refractivity contribution in [3.8, 4) is 5.75 Å². The first-order valence-corrected chi connectivity index (χ1v) is 9.27. The lowest BCUT2D eigenvalue weighted by Crippen LogP contribution is -2.26. The van der Waals surface area contributed by atoms with Crippen LogP contribution in [0, 0.1) is 0 Å². The number of benzene rings is 3. The second kappa shape index (κ2) is 10.5. The van der Waals surface area contributed by atoms with Gasteiger partial charge in [0.05, 0.1) is 19.4 Å². The maximum Gasteiger partial charge on any atom is 0.259 e. The molecule has 3 aromatic rings. The van der Waals surface area contributed by atoms with Gasteiger partial charge in [0.15, 0.2) is 0 Å². The second-order valence-electron chi connectivity index (χ2n) is 6.22. The first-order valence-electron chi connectivity index (χ1n) is 9.27. The summed E-state index contributed by atoms with van der Waals surface area (Å²) in [6, 6.07) is 27.1. The van der Waals surface area contributed by atoms with Gasteiger partial charge in [0.25, 0.3) is 5.91 Å². The zero-order valence-corrected chi connectivity index (χ0v) is 16.2. The predicted octanol–water partition coefficient (Wildman–Crippen LogP) is 4.34. The van der Waals surface area contributed by atoms with Crippen molar-refractivity contribution < 1.29 is 9.53 Å². The Balaban J connectivity index is 1.65. The van der Waals surface area contributed by atoms with Gasteiger partial charge in [-0.2, -0.15) is 5.10 Å². The van der Waals surface area contributed by atoms with Gasteiger partial charge in [-0.15, -0.1) is 0 Å². The van der Waals surface area contributed by atoms with E-state index in [0.29, 0.717) is 5.71 Å². The number of carbonyl (C=O) groups is 1. The molecule has 3 rings (SSSR count). The van der Waals surface area contributed by atoms with Crippen molar-refractivity contribution in [2.45, 2.75) is 0 Å². The average molecular weight is 385 g/mol. The zero-order valence-electron chi connectivity index (χ0n) is 16.2. The van der Waals surface area contributed by atoms with Gasteiger partial charge in [0.1, 0.15) is 5.75 Å². The minimum atomic E-state index is -0.234. The van der Waals surface area contributed by atoms with Gasteiger partial charge < -0.3 is 10.1 Å². The Labute approximate surface area is 170 Å². The highest BCUT2D eigenvalue weighted by atomic mass is 16.5. The fraction of sp³-hybridized carbons (Fsp3) is 0.0833. The van der Waals surface area contributed by atoms with Crippen LogP contribution in [0.3, 0.4) is 0 Å². The van der Waals surface area contributed by atoms with Crippen molar-refractivity contribution in [3.05, 3.63) is 102 Å². The Morgan fingerprint density at radius 1 is 0.931 bits per heavy atom. The minimum Gasteiger partial charge on any atom is -0.497 e. The maximum absolute atomic E-state index is 12.2. The summed E-state index contributed by atoms with van der Waals surface area (Å²) in [5, 5.41) is 7.38. The van der Waals surface area contributed by atoms with E-state index in [4.69, 9.17) is 4.74 Å². The van der Waals surface area contributed by atoms with Gasteiger partial charge in [0.2, 0.25) is 0 Å². The number of anilines is 1. The van der Waals surface area contributed by atoms with E-state index >= 15 is 0 Å². The van der Waals surface area contributed by atoms with Gasteiger partial charge in [-0.1, -0.05) is 66.7 Å². The highest BCUT2D eigenvalue weighted by molar-refractivity contribution is 6.11. The van der Waals surface area contributed by atoms with Gasteiger partial charge in [0, 0.05) is 11.3 Å². The van der Waals surface area contributed by atoms with Crippen molar-refractivity contribution in [1.29, 1.82) is 0 Å². The third kappa shape index (κ3) is 6.36. The number of carbonyl (C=O) groups excluding carboxylic acids is 1. The Hall–Kier alpha value is -3.86. The maximum atomic E-state index is 12.2. The van der Waals surface area contributed by atoms with Crippen molar-refractivity contribution in [2.24, 2.45) is 5.10 Å². The number of rotatable bonds is 8. The number of amides is 1. The van der Waals surface area contributed by atoms with Crippen LogP contribution >= 0.6 is 0 Å². The number of hydrogen-bond donors (Lipinski definition) is 2. The van der Waals surface area contributed by atoms with Crippen LogP contribution in [0.25, 0.3) is 6.08 Å². The van der Waals surface area contributed by atoms with Crippen LogP contribution in [0.4, 0.5) is 5.69 Å². The van der Waals surface area contributed by atoms with Crippen LogP contribution < -0.4 is 15.5 Å². The molecule has 0 saturated heterocycles. The molecule has 0 aromatic heterocycles. The highest BCUT2D eigenvalue weighted by Crippen LogP contribution is 2.14. The molecule has 3 aromatic carbocycles. The number of hydrazone groups is 1. The molecule has 0 radical (unpaired) electrons. The normalized spacial score (nSPS) is 11.3. The molecule has 0 aliphatic heterocycles. The van der Waals surface area contributed by atoms with Crippen LogP contribution in [0.2, 0.25) is 0 Å². The molecule has 1 amide bonds. The Morgan fingerprint density at radius 3 is 2.24 bits per heavy atom. The second-order valence-corrected chi connectivity index (χ2v) is 6.22. The zero-order chi connectivity index (χ0) is 20.3. The van der Waals surface area contributed by atoms with E-state index in [1.807, 2.05) is 97.1 Å². The Morgan fingerprint density at radius 2 is 1.59 bits per heavy atom. The molecule has 5 heteroatoms. The molecule has 0 atom stereocenters. The van der Waals surface area contributed by atoms with E-state index in [-0.39, 0.29) is 12.5 Å². The number of hydrogen-bond acceptors (Lipinski definition) is 4. The van der Waals surface area contributed by atoms with Crippen molar-refractivity contribution in [2.75, 3.05) is 19.0 Å². The van der Waals surface area contributed by atoms with Gasteiger partial charge >= 0.3 is 0 Å². The molecule has 0 heterocycles. The Kier molecular flexibility index (Phi) is 7.18. The number of nitrogens with one attached hydrogen (secondary N) is 2. The summed E-state index contributed by atoms with van der Waals surface area (Å²) < 4.78 is 5.13. The molecule has 29 heavy (non-hydrogen) atoms. The molecule has 5 nitrogen and oxygen atoms in total. The Bertz CT molecular complexity index is 966. The summed E-state index contributed by atoms with van der Waals surface area (Å²) in [6.45, 7) is 0.111. The summed E-state index contributed by atoms with van der Waals surface area (Å²) in [5.41, 5.74) is 6.10. The summed E-state index contributed by atoms with van der Waals surface area (Å²) in [6.07, 6.45) is 3.86. The SMILES string of the molecule is COc1ccc(NCC(=O)N/N=C(/C=C/c2ccccc2)c2ccccc2)cc1. The molecule has 0 aliphatic rings. The van der Waals surface area contributed by atoms with Crippen LogP contribution in [0.5, 0.6) is 5.75 Å². The third-order valence-corrected chi connectivity index (χ3v) is 4.15. The molecular formula is C24H23N3O2. The summed E-state index contributed by atoms with van der Waals surface area (Å²) >= 11 is 0. The lowest BCUT2D eigenvalue weighted by atomic mass is 10.1. The molecule has 0 fully saturated rings. The van der Waals surface area contributed by atoms with E-state index in [2.05, 4.69) is 15.8 Å². The van der Waals surface area contributed by atoms with E-state index < -0.39 is 0 Å². The van der Waals surface area contributed by atoms with Crippen LogP contribution in [0.1, 0.15) is 11.1 Å². The topological polar surface area (TPSA) is 62.7 Å². The summed E-state index contributed by atoms with van der Waals surface area (Å²) in [4.78, 5) is 12.2. The average Bonchev–Trinajstić information content (AvgIpc) is 2.79. The molecule has 0 unspecified atom stereocenters.